The molecule has 0 aliphatic carbocycles. The Kier molecular flexibility index (Phi) is 7.20. The number of hydrogen-bond donors (Lipinski definition) is 3. The van der Waals surface area contributed by atoms with E-state index in [1.165, 1.54) is 0 Å². The molecule has 0 bridgehead atoms. The average Bonchev–Trinajstić information content (AvgIpc) is 3.39. The Morgan fingerprint density at radius 2 is 1.85 bits per heavy atom. The fraction of sp³-hybridized carbons (Fsp3) is 0.409. The number of rotatable bonds is 7. The quantitative estimate of drug-likeness (QED) is 0.433. The highest BCUT2D eigenvalue weighted by Crippen LogP contribution is 2.32. The second-order valence-corrected chi connectivity index (χ2v) is 11.6. The lowest BCUT2D eigenvalue weighted by Crippen LogP contribution is -2.19. The summed E-state index contributed by atoms with van der Waals surface area (Å²) in [6.45, 7) is 9.31. The molecule has 3 rings (SSSR count). The normalized spacial score (nSPS) is 14.0. The van der Waals surface area contributed by atoms with Crippen molar-refractivity contribution in [3.8, 4) is 5.69 Å². The van der Waals surface area contributed by atoms with Crippen molar-refractivity contribution in [2.45, 2.75) is 62.9 Å². The first-order chi connectivity index (χ1) is 15.3. The van der Waals surface area contributed by atoms with Crippen molar-refractivity contribution in [2.75, 3.05) is 0 Å². The third-order valence-corrected chi connectivity index (χ3v) is 8.18. The zero-order chi connectivity index (χ0) is 24.6. The summed E-state index contributed by atoms with van der Waals surface area (Å²) in [4.78, 5) is 16.7. The molecule has 0 aliphatic rings. The number of hydrogen-bond acceptors (Lipinski definition) is 7. The van der Waals surface area contributed by atoms with Crippen molar-refractivity contribution in [3.05, 3.63) is 58.5 Å². The van der Waals surface area contributed by atoms with Gasteiger partial charge in [-0.15, -0.1) is 15.7 Å². The Morgan fingerprint density at radius 1 is 1.24 bits per heavy atom. The summed E-state index contributed by atoms with van der Waals surface area (Å²) >= 11 is 0.744. The number of thiazole rings is 1. The molecule has 0 saturated heterocycles. The van der Waals surface area contributed by atoms with E-state index < -0.39 is 21.6 Å². The third-order valence-electron chi connectivity index (χ3n) is 5.06. The molecule has 0 spiro atoms. The van der Waals surface area contributed by atoms with E-state index in [0.29, 0.717) is 0 Å². The first-order valence-electron chi connectivity index (χ1n) is 10.4. The predicted molar refractivity (Wildman–Crippen MR) is 127 cm³/mol. The summed E-state index contributed by atoms with van der Waals surface area (Å²) in [5, 5.41) is 29.4. The van der Waals surface area contributed by atoms with E-state index in [1.807, 2.05) is 52.1 Å². The molecule has 1 aromatic carbocycles. The Balaban J connectivity index is 2.02. The van der Waals surface area contributed by atoms with Gasteiger partial charge in [-0.2, -0.15) is 5.10 Å². The van der Waals surface area contributed by atoms with E-state index in [4.69, 9.17) is 5.14 Å². The van der Waals surface area contributed by atoms with Gasteiger partial charge >= 0.3 is 0 Å². The Hall–Kier alpha value is -2.44. The fourth-order valence-corrected chi connectivity index (χ4v) is 5.56. The summed E-state index contributed by atoms with van der Waals surface area (Å²) < 4.78 is 18.5. The molecular weight excluding hydrogens is 462 g/mol. The van der Waals surface area contributed by atoms with Gasteiger partial charge in [0.05, 0.1) is 18.3 Å². The van der Waals surface area contributed by atoms with Crippen LogP contribution >= 0.6 is 11.3 Å². The monoisotopic (exact) mass is 491 g/mol. The van der Waals surface area contributed by atoms with Crippen molar-refractivity contribution in [3.63, 3.8) is 0 Å². The lowest BCUT2D eigenvalue weighted by molar-refractivity contribution is -0.152. The number of carbonyl (C=O) groups excluding carboxylic acids is 1. The molecule has 3 aromatic rings. The van der Waals surface area contributed by atoms with Gasteiger partial charge in [-0.25, -0.2) is 19.0 Å². The largest absolute Gasteiger partial charge is 0.360 e. The van der Waals surface area contributed by atoms with Crippen molar-refractivity contribution >= 4 is 27.2 Å². The molecular formula is C22H29N5O4S2. The summed E-state index contributed by atoms with van der Waals surface area (Å²) in [7, 11) is -3.58. The minimum atomic E-state index is -3.58. The maximum absolute atomic E-state index is 13.0. The molecule has 0 saturated carbocycles. The van der Waals surface area contributed by atoms with Crippen LogP contribution in [0, 0.1) is 0 Å². The number of carbonyl (C=O) groups is 1. The minimum Gasteiger partial charge on any atom is -0.360 e. The van der Waals surface area contributed by atoms with Gasteiger partial charge in [0, 0.05) is 12.4 Å². The van der Waals surface area contributed by atoms with Gasteiger partial charge in [-0.3, -0.25) is 4.79 Å². The number of aromatic nitrogens is 3. The van der Waals surface area contributed by atoms with Crippen molar-refractivity contribution in [1.29, 1.82) is 0 Å². The van der Waals surface area contributed by atoms with E-state index >= 15 is 0 Å². The zero-order valence-electron chi connectivity index (χ0n) is 19.2. The number of amides is 1. The molecule has 1 atom stereocenters. The predicted octanol–water partition coefficient (Wildman–Crippen LogP) is 3.20. The Bertz CT molecular complexity index is 1240. The highest BCUT2D eigenvalue weighted by molar-refractivity contribution is 7.93. The summed E-state index contributed by atoms with van der Waals surface area (Å²) in [6.07, 6.45) is 4.67. The maximum atomic E-state index is 13.0. The van der Waals surface area contributed by atoms with Crippen LogP contribution in [0.25, 0.3) is 5.69 Å². The highest BCUT2D eigenvalue weighted by atomic mass is 32.2. The van der Waals surface area contributed by atoms with Gasteiger partial charge in [0.25, 0.3) is 5.91 Å². The van der Waals surface area contributed by atoms with Crippen LogP contribution in [0.15, 0.2) is 45.4 Å². The molecule has 2 heterocycles. The standard InChI is InChI=1S/C22H29N5O4S2/c1-13(2)16-9-15(27-8-6-7-25-27)10-17(14(3)4)18(16)11-19(28)26-33(23,31)20-12-24-21(32-20)22(5,29)30/h6-10,12-14,29-30H,11H2,1-5H3,(H2,23,26,28,31). The second-order valence-electron chi connectivity index (χ2n) is 8.60. The minimum absolute atomic E-state index is 0.00220. The molecule has 1 unspecified atom stereocenters. The van der Waals surface area contributed by atoms with Crippen LogP contribution in [-0.4, -0.2) is 35.1 Å². The fourth-order valence-electron chi connectivity index (χ4n) is 3.48. The van der Waals surface area contributed by atoms with Crippen LogP contribution in [0.2, 0.25) is 0 Å². The highest BCUT2D eigenvalue weighted by Gasteiger charge is 2.26. The van der Waals surface area contributed by atoms with E-state index in [9.17, 15) is 19.2 Å². The number of aliphatic hydroxyl groups is 2. The first kappa shape index (κ1) is 25.2. The Morgan fingerprint density at radius 3 is 2.30 bits per heavy atom. The lowest BCUT2D eigenvalue weighted by Gasteiger charge is -2.21. The van der Waals surface area contributed by atoms with Crippen LogP contribution in [0.1, 0.15) is 68.2 Å². The lowest BCUT2D eigenvalue weighted by atomic mass is 9.86. The smallest absolute Gasteiger partial charge is 0.259 e. The van der Waals surface area contributed by atoms with Crippen molar-refractivity contribution in [1.82, 2.24) is 14.8 Å². The van der Waals surface area contributed by atoms with Crippen LogP contribution in [-0.2, 0) is 26.9 Å². The van der Waals surface area contributed by atoms with Gasteiger partial charge in [-0.1, -0.05) is 27.7 Å². The summed E-state index contributed by atoms with van der Waals surface area (Å²) in [5.41, 5.74) is 3.70. The molecule has 0 aliphatic heterocycles. The maximum Gasteiger partial charge on any atom is 0.259 e. The van der Waals surface area contributed by atoms with Gasteiger partial charge in [0.2, 0.25) is 5.79 Å². The molecule has 4 N–H and O–H groups in total. The summed E-state index contributed by atoms with van der Waals surface area (Å²) in [5.74, 6) is -2.57. The molecule has 9 nitrogen and oxygen atoms in total. The topological polar surface area (TPSA) is 144 Å². The average molecular weight is 492 g/mol. The second kappa shape index (κ2) is 9.43. The van der Waals surface area contributed by atoms with E-state index in [2.05, 4.69) is 14.4 Å². The third kappa shape index (κ3) is 5.74. The van der Waals surface area contributed by atoms with Crippen molar-refractivity contribution in [2.24, 2.45) is 9.50 Å². The molecule has 33 heavy (non-hydrogen) atoms. The molecule has 11 heteroatoms. The Labute approximate surface area is 197 Å². The van der Waals surface area contributed by atoms with Crippen LogP contribution < -0.4 is 5.14 Å². The van der Waals surface area contributed by atoms with Crippen LogP contribution in [0.3, 0.4) is 0 Å². The van der Waals surface area contributed by atoms with Gasteiger partial charge in [-0.05, 0) is 53.6 Å². The molecule has 178 valence electrons. The van der Waals surface area contributed by atoms with Crippen LogP contribution in [0.5, 0.6) is 0 Å². The van der Waals surface area contributed by atoms with E-state index in [0.717, 1.165) is 46.8 Å². The SMILES string of the molecule is CC(C)c1cc(-n2cccn2)cc(C(C)C)c1CC(=O)N=S(N)(=O)c1cnc(C(C)(O)O)s1. The molecule has 0 radical (unpaired) electrons. The van der Waals surface area contributed by atoms with Crippen LogP contribution in [0.4, 0.5) is 0 Å². The zero-order valence-corrected chi connectivity index (χ0v) is 20.9. The molecule has 0 fully saturated rings. The first-order valence-corrected chi connectivity index (χ1v) is 12.8. The number of nitrogens with two attached hydrogens (primary N) is 1. The summed E-state index contributed by atoms with van der Waals surface area (Å²) in [6, 6.07) is 5.86. The molecule has 2 aromatic heterocycles. The number of benzene rings is 1. The van der Waals surface area contributed by atoms with Crippen molar-refractivity contribution < 1.29 is 19.2 Å². The van der Waals surface area contributed by atoms with E-state index in [1.54, 1.807) is 10.9 Å². The van der Waals surface area contributed by atoms with Gasteiger partial charge in [0.1, 0.15) is 4.21 Å². The van der Waals surface area contributed by atoms with E-state index in [-0.39, 0.29) is 27.5 Å². The number of nitrogens with zero attached hydrogens (tertiary/aromatic N) is 4. The molecule has 1 amide bonds. The van der Waals surface area contributed by atoms with Gasteiger partial charge in [0.15, 0.2) is 14.9 Å². The van der Waals surface area contributed by atoms with Gasteiger partial charge < -0.3 is 10.2 Å².